The molecule has 0 atom stereocenters. The Morgan fingerprint density at radius 3 is 2.44 bits per heavy atom. The molecule has 1 fully saturated rings. The fourth-order valence-corrected chi connectivity index (χ4v) is 4.93. The van der Waals surface area contributed by atoms with E-state index >= 15 is 0 Å². The summed E-state index contributed by atoms with van der Waals surface area (Å²) in [6, 6.07) is 3.39. The predicted octanol–water partition coefficient (Wildman–Crippen LogP) is 1.54. The average molecular weight is 289 g/mol. The molecule has 1 N–H and O–H groups in total. The molecule has 18 heavy (non-hydrogen) atoms. The summed E-state index contributed by atoms with van der Waals surface area (Å²) in [4.78, 5) is 11.8. The highest BCUT2D eigenvalue weighted by atomic mass is 32.2. The minimum absolute atomic E-state index is 0.288. The van der Waals surface area contributed by atoms with Gasteiger partial charge in [-0.1, -0.05) is 0 Å². The smallest absolute Gasteiger partial charge is 0.306 e. The lowest BCUT2D eigenvalue weighted by atomic mass is 9.99. The van der Waals surface area contributed by atoms with Crippen LogP contribution < -0.4 is 0 Å². The Morgan fingerprint density at radius 1 is 1.39 bits per heavy atom. The lowest BCUT2D eigenvalue weighted by Crippen LogP contribution is -2.39. The minimum atomic E-state index is -3.43. The monoisotopic (exact) mass is 289 g/mol. The first-order chi connectivity index (χ1) is 8.41. The van der Waals surface area contributed by atoms with Crippen LogP contribution in [0.2, 0.25) is 0 Å². The highest BCUT2D eigenvalue weighted by molar-refractivity contribution is 7.91. The van der Waals surface area contributed by atoms with Gasteiger partial charge in [0.1, 0.15) is 4.21 Å². The van der Waals surface area contributed by atoms with E-state index in [-0.39, 0.29) is 13.1 Å². The first kappa shape index (κ1) is 13.5. The molecular formula is C11H15NO4S2. The van der Waals surface area contributed by atoms with Crippen molar-refractivity contribution in [3.05, 3.63) is 17.0 Å². The van der Waals surface area contributed by atoms with Crippen molar-refractivity contribution >= 4 is 27.3 Å². The van der Waals surface area contributed by atoms with E-state index in [0.717, 1.165) is 4.88 Å². The van der Waals surface area contributed by atoms with Crippen molar-refractivity contribution in [1.29, 1.82) is 0 Å². The molecule has 1 aromatic rings. The average Bonchev–Trinajstić information content (AvgIpc) is 2.76. The van der Waals surface area contributed by atoms with Gasteiger partial charge in [-0.2, -0.15) is 4.31 Å². The van der Waals surface area contributed by atoms with Crippen molar-refractivity contribution in [2.75, 3.05) is 13.1 Å². The standard InChI is InChI=1S/C11H15NO4S2/c1-8-2-3-10(17-8)18(15,16)12-6-4-9(5-7-12)11(13)14/h2-3,9H,4-7H2,1H3,(H,13,14). The largest absolute Gasteiger partial charge is 0.481 e. The second-order valence-corrected chi connectivity index (χ2v) is 7.83. The van der Waals surface area contributed by atoms with Crippen molar-refractivity contribution in [2.24, 2.45) is 5.92 Å². The normalized spacial score (nSPS) is 18.9. The van der Waals surface area contributed by atoms with Crippen molar-refractivity contribution in [3.8, 4) is 0 Å². The van der Waals surface area contributed by atoms with Gasteiger partial charge in [-0.05, 0) is 31.9 Å². The van der Waals surface area contributed by atoms with Crippen molar-refractivity contribution in [2.45, 2.75) is 24.0 Å². The van der Waals surface area contributed by atoms with E-state index in [4.69, 9.17) is 5.11 Å². The Kier molecular flexibility index (Phi) is 3.74. The quantitative estimate of drug-likeness (QED) is 0.916. The summed E-state index contributed by atoms with van der Waals surface area (Å²) in [6.45, 7) is 2.44. The summed E-state index contributed by atoms with van der Waals surface area (Å²) in [5, 5.41) is 8.88. The van der Waals surface area contributed by atoms with Crippen molar-refractivity contribution in [1.82, 2.24) is 4.31 Å². The van der Waals surface area contributed by atoms with E-state index in [0.29, 0.717) is 17.1 Å². The molecule has 2 rings (SSSR count). The van der Waals surface area contributed by atoms with Gasteiger partial charge in [-0.15, -0.1) is 11.3 Å². The maximum Gasteiger partial charge on any atom is 0.306 e. The van der Waals surface area contributed by atoms with Gasteiger partial charge in [0.05, 0.1) is 5.92 Å². The lowest BCUT2D eigenvalue weighted by Gasteiger charge is -2.28. The molecule has 0 saturated carbocycles. The van der Waals surface area contributed by atoms with E-state index in [1.165, 1.54) is 15.6 Å². The molecule has 1 aromatic heterocycles. The Hall–Kier alpha value is -0.920. The molecule has 0 spiro atoms. The third-order valence-corrected chi connectivity index (χ3v) is 6.48. The van der Waals surface area contributed by atoms with Gasteiger partial charge in [0.15, 0.2) is 0 Å². The summed E-state index contributed by atoms with van der Waals surface area (Å²) < 4.78 is 26.3. The first-order valence-electron chi connectivity index (χ1n) is 5.70. The second kappa shape index (κ2) is 4.99. The van der Waals surface area contributed by atoms with Crippen molar-refractivity contribution in [3.63, 3.8) is 0 Å². The van der Waals surface area contributed by atoms with Crippen LogP contribution in [0.5, 0.6) is 0 Å². The molecule has 0 aromatic carbocycles. The van der Waals surface area contributed by atoms with Crippen LogP contribution in [0.25, 0.3) is 0 Å². The van der Waals surface area contributed by atoms with Crippen LogP contribution in [0.4, 0.5) is 0 Å². The van der Waals surface area contributed by atoms with E-state index in [9.17, 15) is 13.2 Å². The van der Waals surface area contributed by atoms with Crippen LogP contribution in [0.15, 0.2) is 16.3 Å². The first-order valence-corrected chi connectivity index (χ1v) is 7.96. The van der Waals surface area contributed by atoms with Crippen molar-refractivity contribution < 1.29 is 18.3 Å². The van der Waals surface area contributed by atoms with Gasteiger partial charge in [-0.25, -0.2) is 8.42 Å². The Morgan fingerprint density at radius 2 is 2.00 bits per heavy atom. The molecule has 0 radical (unpaired) electrons. The van der Waals surface area contributed by atoms with Crippen LogP contribution in [-0.4, -0.2) is 36.9 Å². The third kappa shape index (κ3) is 2.57. The van der Waals surface area contributed by atoms with Crippen LogP contribution in [0.1, 0.15) is 17.7 Å². The maximum atomic E-state index is 12.3. The number of aliphatic carboxylic acids is 1. The van der Waals surface area contributed by atoms with Gasteiger partial charge < -0.3 is 5.11 Å². The lowest BCUT2D eigenvalue weighted by molar-refractivity contribution is -0.142. The Bertz CT molecular complexity index is 541. The summed E-state index contributed by atoms with van der Waals surface area (Å²) in [6.07, 6.45) is 0.776. The molecule has 1 aliphatic heterocycles. The molecular weight excluding hydrogens is 274 g/mol. The van der Waals surface area contributed by atoms with Crippen LogP contribution in [-0.2, 0) is 14.8 Å². The Labute approximate surface area is 110 Å². The van der Waals surface area contributed by atoms with E-state index in [1.54, 1.807) is 12.1 Å². The fourth-order valence-electron chi connectivity index (χ4n) is 2.02. The second-order valence-electron chi connectivity index (χ2n) is 4.38. The number of nitrogens with zero attached hydrogens (tertiary/aromatic N) is 1. The summed E-state index contributed by atoms with van der Waals surface area (Å²) >= 11 is 1.25. The highest BCUT2D eigenvalue weighted by Crippen LogP contribution is 2.28. The van der Waals surface area contributed by atoms with E-state index in [1.807, 2.05) is 6.92 Å². The van der Waals surface area contributed by atoms with Gasteiger partial charge in [0, 0.05) is 18.0 Å². The summed E-state index contributed by atoms with van der Waals surface area (Å²) in [5.41, 5.74) is 0. The van der Waals surface area contributed by atoms with E-state index < -0.39 is 21.9 Å². The number of thiophene rings is 1. The van der Waals surface area contributed by atoms with Crippen LogP contribution in [0.3, 0.4) is 0 Å². The van der Waals surface area contributed by atoms with Crippen LogP contribution in [0, 0.1) is 12.8 Å². The topological polar surface area (TPSA) is 74.7 Å². The van der Waals surface area contributed by atoms with E-state index in [2.05, 4.69) is 0 Å². The predicted molar refractivity (Wildman–Crippen MR) is 68.2 cm³/mol. The molecule has 0 aliphatic carbocycles. The molecule has 0 bridgehead atoms. The SMILES string of the molecule is Cc1ccc(S(=O)(=O)N2CCC(C(=O)O)CC2)s1. The number of rotatable bonds is 3. The maximum absolute atomic E-state index is 12.3. The number of hydrogen-bond acceptors (Lipinski definition) is 4. The molecule has 1 saturated heterocycles. The summed E-state index contributed by atoms with van der Waals surface area (Å²) in [7, 11) is -3.43. The molecule has 100 valence electrons. The zero-order chi connectivity index (χ0) is 13.3. The van der Waals surface area contributed by atoms with Gasteiger partial charge in [0.25, 0.3) is 10.0 Å². The van der Waals surface area contributed by atoms with Gasteiger partial charge >= 0.3 is 5.97 Å². The number of sulfonamides is 1. The number of carboxylic acids is 1. The molecule has 0 amide bonds. The minimum Gasteiger partial charge on any atom is -0.481 e. The molecule has 5 nitrogen and oxygen atoms in total. The molecule has 7 heteroatoms. The number of piperidine rings is 1. The molecule has 0 unspecified atom stereocenters. The number of hydrogen-bond donors (Lipinski definition) is 1. The van der Waals surface area contributed by atoms with Gasteiger partial charge in [0.2, 0.25) is 0 Å². The highest BCUT2D eigenvalue weighted by Gasteiger charge is 2.32. The molecule has 2 heterocycles. The number of aryl methyl sites for hydroxylation is 1. The zero-order valence-electron chi connectivity index (χ0n) is 10.00. The zero-order valence-corrected chi connectivity index (χ0v) is 11.6. The fraction of sp³-hybridized carbons (Fsp3) is 0.545. The molecule has 1 aliphatic rings. The third-order valence-electron chi connectivity index (χ3n) is 3.11. The number of carboxylic acid groups (broad SMARTS) is 1. The summed E-state index contributed by atoms with van der Waals surface area (Å²) in [5.74, 6) is -1.25. The van der Waals surface area contributed by atoms with Gasteiger partial charge in [-0.3, -0.25) is 4.79 Å². The van der Waals surface area contributed by atoms with Crippen LogP contribution >= 0.6 is 11.3 Å². The number of carbonyl (C=O) groups is 1. The Balaban J connectivity index is 2.12.